The molecule has 1 aliphatic rings. The summed E-state index contributed by atoms with van der Waals surface area (Å²) in [5.41, 5.74) is 1.31. The van der Waals surface area contributed by atoms with Crippen LogP contribution >= 0.6 is 15.9 Å². The van der Waals surface area contributed by atoms with Crippen LogP contribution in [0.15, 0.2) is 28.7 Å². The fourth-order valence-electron chi connectivity index (χ4n) is 3.01. The van der Waals surface area contributed by atoms with Gasteiger partial charge in [-0.2, -0.15) is 0 Å². The second-order valence-electron chi connectivity index (χ2n) is 6.65. The first-order valence-electron chi connectivity index (χ1n) is 8.44. The van der Waals surface area contributed by atoms with Crippen LogP contribution in [0.4, 0.5) is 0 Å². The zero-order valence-electron chi connectivity index (χ0n) is 14.2. The number of nitrogens with one attached hydrogen (secondary N) is 1. The van der Waals surface area contributed by atoms with Crippen LogP contribution in [0.2, 0.25) is 0 Å². The highest BCUT2D eigenvalue weighted by molar-refractivity contribution is 9.10. The van der Waals surface area contributed by atoms with Crippen LogP contribution in [-0.2, 0) is 11.3 Å². The van der Waals surface area contributed by atoms with E-state index in [0.29, 0.717) is 0 Å². The molecule has 1 amide bonds. The topological polar surface area (TPSA) is 35.6 Å². The second kappa shape index (κ2) is 9.40. The van der Waals surface area contributed by atoms with Gasteiger partial charge in [0, 0.05) is 24.1 Å². The van der Waals surface area contributed by atoms with Crippen molar-refractivity contribution in [3.8, 4) is 0 Å². The maximum atomic E-state index is 12.3. The number of nitrogens with zero attached hydrogens (tertiary/aromatic N) is 2. The maximum absolute atomic E-state index is 12.3. The third-order valence-electron chi connectivity index (χ3n) is 4.28. The minimum absolute atomic E-state index is 0.138. The predicted molar refractivity (Wildman–Crippen MR) is 98.3 cm³/mol. The molecule has 128 valence electrons. The SMILES string of the molecule is CN(C)CCCNC(=O)C1CCCN(Cc2ccc(Br)cc2)C1. The highest BCUT2D eigenvalue weighted by Gasteiger charge is 2.25. The standard InChI is InChI=1S/C18H28BrN3O/c1-21(2)11-4-10-20-18(23)16-5-3-12-22(14-16)13-15-6-8-17(19)9-7-15/h6-9,16H,3-5,10-14H2,1-2H3,(H,20,23). The molecule has 0 spiro atoms. The smallest absolute Gasteiger partial charge is 0.224 e. The molecule has 1 aromatic rings. The Morgan fingerprint density at radius 1 is 1.35 bits per heavy atom. The average molecular weight is 382 g/mol. The van der Waals surface area contributed by atoms with Crippen molar-refractivity contribution >= 4 is 21.8 Å². The summed E-state index contributed by atoms with van der Waals surface area (Å²) in [6.45, 7) is 4.68. The van der Waals surface area contributed by atoms with Crippen molar-refractivity contribution in [3.63, 3.8) is 0 Å². The van der Waals surface area contributed by atoms with Gasteiger partial charge in [0.1, 0.15) is 0 Å². The monoisotopic (exact) mass is 381 g/mol. The van der Waals surface area contributed by atoms with Crippen molar-refractivity contribution < 1.29 is 4.79 Å². The number of likely N-dealkylation sites (tertiary alicyclic amines) is 1. The minimum atomic E-state index is 0.138. The summed E-state index contributed by atoms with van der Waals surface area (Å²) in [4.78, 5) is 16.9. The van der Waals surface area contributed by atoms with E-state index in [-0.39, 0.29) is 11.8 Å². The summed E-state index contributed by atoms with van der Waals surface area (Å²) < 4.78 is 1.11. The largest absolute Gasteiger partial charge is 0.356 e. The van der Waals surface area contributed by atoms with Gasteiger partial charge in [-0.3, -0.25) is 9.69 Å². The summed E-state index contributed by atoms with van der Waals surface area (Å²) in [7, 11) is 4.12. The molecule has 0 bridgehead atoms. The summed E-state index contributed by atoms with van der Waals surface area (Å²) in [5.74, 6) is 0.364. The quantitative estimate of drug-likeness (QED) is 0.737. The Morgan fingerprint density at radius 3 is 2.78 bits per heavy atom. The van der Waals surface area contributed by atoms with Crippen molar-refractivity contribution in [1.82, 2.24) is 15.1 Å². The first-order chi connectivity index (χ1) is 11.0. The van der Waals surface area contributed by atoms with E-state index in [9.17, 15) is 4.79 Å². The van der Waals surface area contributed by atoms with E-state index in [1.165, 1.54) is 5.56 Å². The van der Waals surface area contributed by atoms with E-state index in [0.717, 1.165) is 56.5 Å². The van der Waals surface area contributed by atoms with Gasteiger partial charge >= 0.3 is 0 Å². The highest BCUT2D eigenvalue weighted by Crippen LogP contribution is 2.19. The Kier molecular flexibility index (Phi) is 7.53. The van der Waals surface area contributed by atoms with Crippen LogP contribution in [0, 0.1) is 5.92 Å². The van der Waals surface area contributed by atoms with E-state index in [1.807, 2.05) is 0 Å². The van der Waals surface area contributed by atoms with Crippen LogP contribution in [0.3, 0.4) is 0 Å². The lowest BCUT2D eigenvalue weighted by atomic mass is 9.96. The van der Waals surface area contributed by atoms with Crippen LogP contribution < -0.4 is 5.32 Å². The van der Waals surface area contributed by atoms with Gasteiger partial charge in [-0.25, -0.2) is 0 Å². The number of piperidine rings is 1. The Labute approximate surface area is 148 Å². The molecule has 0 saturated carbocycles. The molecular weight excluding hydrogens is 354 g/mol. The van der Waals surface area contributed by atoms with Gasteiger partial charge in [0.05, 0.1) is 5.92 Å². The van der Waals surface area contributed by atoms with Crippen LogP contribution in [0.5, 0.6) is 0 Å². The molecule has 1 fully saturated rings. The molecule has 1 aliphatic heterocycles. The average Bonchev–Trinajstić information content (AvgIpc) is 2.54. The zero-order valence-corrected chi connectivity index (χ0v) is 15.8. The Balaban J connectivity index is 1.76. The van der Waals surface area contributed by atoms with Gasteiger partial charge in [-0.1, -0.05) is 28.1 Å². The third-order valence-corrected chi connectivity index (χ3v) is 4.81. The molecule has 1 atom stereocenters. The van der Waals surface area contributed by atoms with Gasteiger partial charge in [-0.15, -0.1) is 0 Å². The molecule has 0 aliphatic carbocycles. The predicted octanol–water partition coefficient (Wildman–Crippen LogP) is 2.73. The van der Waals surface area contributed by atoms with Crippen molar-refractivity contribution in [1.29, 1.82) is 0 Å². The molecule has 5 heteroatoms. The van der Waals surface area contributed by atoms with Crippen molar-refractivity contribution in [2.24, 2.45) is 5.92 Å². The number of carbonyl (C=O) groups excluding carboxylic acids is 1. The van der Waals surface area contributed by atoms with Gasteiger partial charge in [0.15, 0.2) is 0 Å². The lowest BCUT2D eigenvalue weighted by Gasteiger charge is -2.32. The summed E-state index contributed by atoms with van der Waals surface area (Å²) in [6.07, 6.45) is 3.12. The molecule has 0 aromatic heterocycles. The minimum Gasteiger partial charge on any atom is -0.356 e. The lowest BCUT2D eigenvalue weighted by Crippen LogP contribution is -2.43. The lowest BCUT2D eigenvalue weighted by molar-refractivity contribution is -0.126. The fourth-order valence-corrected chi connectivity index (χ4v) is 3.28. The molecule has 1 N–H and O–H groups in total. The first-order valence-corrected chi connectivity index (χ1v) is 9.23. The van der Waals surface area contributed by atoms with Gasteiger partial charge in [-0.05, 0) is 64.1 Å². The molecule has 1 aromatic carbocycles. The molecule has 1 saturated heterocycles. The van der Waals surface area contributed by atoms with Crippen molar-refractivity contribution in [3.05, 3.63) is 34.3 Å². The Hall–Kier alpha value is -0.910. The number of hydrogen-bond acceptors (Lipinski definition) is 3. The van der Waals surface area contributed by atoms with Crippen molar-refractivity contribution in [2.45, 2.75) is 25.8 Å². The van der Waals surface area contributed by atoms with Crippen LogP contribution in [-0.4, -0.2) is 56.0 Å². The van der Waals surface area contributed by atoms with E-state index < -0.39 is 0 Å². The molecule has 2 rings (SSSR count). The van der Waals surface area contributed by atoms with E-state index in [4.69, 9.17) is 0 Å². The Morgan fingerprint density at radius 2 is 2.09 bits per heavy atom. The number of halogens is 1. The van der Waals surface area contributed by atoms with Crippen LogP contribution in [0.1, 0.15) is 24.8 Å². The third kappa shape index (κ3) is 6.61. The summed E-state index contributed by atoms with van der Waals surface area (Å²) >= 11 is 3.47. The number of amides is 1. The van der Waals surface area contributed by atoms with Gasteiger partial charge in [0.25, 0.3) is 0 Å². The number of rotatable bonds is 7. The molecule has 4 nitrogen and oxygen atoms in total. The van der Waals surface area contributed by atoms with Crippen LogP contribution in [0.25, 0.3) is 0 Å². The molecule has 1 heterocycles. The molecule has 1 unspecified atom stereocenters. The Bertz CT molecular complexity index is 490. The van der Waals surface area contributed by atoms with Gasteiger partial charge < -0.3 is 10.2 Å². The molecule has 0 radical (unpaired) electrons. The second-order valence-corrected chi connectivity index (χ2v) is 7.56. The first kappa shape index (κ1) is 18.4. The van der Waals surface area contributed by atoms with Gasteiger partial charge in [0.2, 0.25) is 5.91 Å². The maximum Gasteiger partial charge on any atom is 0.224 e. The zero-order chi connectivity index (χ0) is 16.7. The van der Waals surface area contributed by atoms with E-state index in [1.54, 1.807) is 0 Å². The number of benzene rings is 1. The number of hydrogen-bond donors (Lipinski definition) is 1. The van der Waals surface area contributed by atoms with Crippen molar-refractivity contribution in [2.75, 3.05) is 40.3 Å². The molecular formula is C18H28BrN3O. The summed E-state index contributed by atoms with van der Waals surface area (Å²) in [5, 5.41) is 3.10. The van der Waals surface area contributed by atoms with E-state index in [2.05, 4.69) is 69.4 Å². The summed E-state index contributed by atoms with van der Waals surface area (Å²) in [6, 6.07) is 8.45. The normalized spacial score (nSPS) is 19.0. The van der Waals surface area contributed by atoms with E-state index >= 15 is 0 Å². The fraction of sp³-hybridized carbons (Fsp3) is 0.611. The molecule has 23 heavy (non-hydrogen) atoms. The number of carbonyl (C=O) groups is 1. The highest BCUT2D eigenvalue weighted by atomic mass is 79.9.